The lowest BCUT2D eigenvalue weighted by Gasteiger charge is -2.37. The zero-order valence-corrected chi connectivity index (χ0v) is 18.3. The standard InChI is InChI=1S/C24H32N4O3/c1-30-19-7-9-20(10-8-19)31-15-22(29)27-14-21(24(16-27)11-3-2-4-12-24)23-26-25-17-28(23)13-18-5-6-18/h7-10,17-18,21H,2-6,11-16H2,1H3. The van der Waals surface area contributed by atoms with Crippen molar-refractivity contribution in [1.82, 2.24) is 19.7 Å². The summed E-state index contributed by atoms with van der Waals surface area (Å²) in [6, 6.07) is 7.36. The molecule has 1 atom stereocenters. The number of amides is 1. The molecule has 166 valence electrons. The highest BCUT2D eigenvalue weighted by Crippen LogP contribution is 2.51. The van der Waals surface area contributed by atoms with Gasteiger partial charge in [0.05, 0.1) is 7.11 Å². The second-order valence-corrected chi connectivity index (χ2v) is 9.50. The zero-order chi connectivity index (χ0) is 21.3. The minimum Gasteiger partial charge on any atom is -0.497 e. The molecule has 5 rings (SSSR count). The van der Waals surface area contributed by atoms with Crippen LogP contribution in [0.2, 0.25) is 0 Å². The minimum absolute atomic E-state index is 0.0523. The molecule has 0 radical (unpaired) electrons. The second kappa shape index (κ2) is 8.52. The molecule has 2 aliphatic carbocycles. The van der Waals surface area contributed by atoms with Crippen LogP contribution in [0.3, 0.4) is 0 Å². The molecule has 7 nitrogen and oxygen atoms in total. The van der Waals surface area contributed by atoms with E-state index in [0.29, 0.717) is 12.3 Å². The Bertz CT molecular complexity index is 900. The smallest absolute Gasteiger partial charge is 0.260 e. The van der Waals surface area contributed by atoms with Crippen LogP contribution in [0.1, 0.15) is 56.7 Å². The number of carbonyl (C=O) groups excluding carboxylic acids is 1. The second-order valence-electron chi connectivity index (χ2n) is 9.50. The Morgan fingerprint density at radius 1 is 1.13 bits per heavy atom. The molecule has 0 bridgehead atoms. The Kier molecular flexibility index (Phi) is 5.59. The summed E-state index contributed by atoms with van der Waals surface area (Å²) in [5.74, 6) is 3.63. The van der Waals surface area contributed by atoms with E-state index in [0.717, 1.165) is 43.4 Å². The molecule has 1 spiro atoms. The van der Waals surface area contributed by atoms with Crippen LogP contribution in [0.25, 0.3) is 0 Å². The van der Waals surface area contributed by atoms with Gasteiger partial charge in [0.2, 0.25) is 0 Å². The molecule has 3 fully saturated rings. The van der Waals surface area contributed by atoms with Crippen molar-refractivity contribution in [1.29, 1.82) is 0 Å². The first-order chi connectivity index (χ1) is 15.2. The highest BCUT2D eigenvalue weighted by Gasteiger charge is 2.50. The highest BCUT2D eigenvalue weighted by molar-refractivity contribution is 5.78. The van der Waals surface area contributed by atoms with Crippen molar-refractivity contribution in [2.24, 2.45) is 11.3 Å². The third kappa shape index (κ3) is 4.27. The fraction of sp³-hybridized carbons (Fsp3) is 0.625. The van der Waals surface area contributed by atoms with Crippen molar-refractivity contribution < 1.29 is 14.3 Å². The van der Waals surface area contributed by atoms with Crippen molar-refractivity contribution in [2.45, 2.75) is 57.4 Å². The molecule has 2 heterocycles. The lowest BCUT2D eigenvalue weighted by molar-refractivity contribution is -0.132. The van der Waals surface area contributed by atoms with E-state index in [9.17, 15) is 4.79 Å². The van der Waals surface area contributed by atoms with E-state index in [2.05, 4.69) is 14.8 Å². The topological polar surface area (TPSA) is 69.5 Å². The first-order valence-electron chi connectivity index (χ1n) is 11.6. The van der Waals surface area contributed by atoms with Gasteiger partial charge in [0.1, 0.15) is 23.7 Å². The van der Waals surface area contributed by atoms with Crippen molar-refractivity contribution in [3.05, 3.63) is 36.4 Å². The van der Waals surface area contributed by atoms with Crippen LogP contribution in [-0.4, -0.2) is 52.4 Å². The number of nitrogens with zero attached hydrogens (tertiary/aromatic N) is 4. The van der Waals surface area contributed by atoms with Gasteiger partial charge >= 0.3 is 0 Å². The molecule has 1 aromatic heterocycles. The van der Waals surface area contributed by atoms with Gasteiger partial charge in [-0.2, -0.15) is 0 Å². The number of rotatable bonds is 7. The van der Waals surface area contributed by atoms with Gasteiger partial charge in [-0.05, 0) is 61.3 Å². The number of ether oxygens (including phenoxy) is 2. The van der Waals surface area contributed by atoms with Gasteiger partial charge in [-0.25, -0.2) is 0 Å². The van der Waals surface area contributed by atoms with Crippen LogP contribution in [0.4, 0.5) is 0 Å². The van der Waals surface area contributed by atoms with Gasteiger partial charge in [-0.3, -0.25) is 4.79 Å². The van der Waals surface area contributed by atoms with Gasteiger partial charge in [0.25, 0.3) is 5.91 Å². The maximum absolute atomic E-state index is 13.1. The van der Waals surface area contributed by atoms with Crippen LogP contribution in [0, 0.1) is 11.3 Å². The molecular weight excluding hydrogens is 392 g/mol. The predicted octanol–water partition coefficient (Wildman–Crippen LogP) is 3.65. The summed E-state index contributed by atoms with van der Waals surface area (Å²) < 4.78 is 13.2. The van der Waals surface area contributed by atoms with Crippen molar-refractivity contribution in [3.8, 4) is 11.5 Å². The summed E-state index contributed by atoms with van der Waals surface area (Å²) in [6.45, 7) is 2.60. The molecule has 2 aromatic rings. The zero-order valence-electron chi connectivity index (χ0n) is 18.3. The van der Waals surface area contributed by atoms with E-state index in [1.165, 1.54) is 32.1 Å². The van der Waals surface area contributed by atoms with E-state index >= 15 is 0 Å². The Labute approximate surface area is 183 Å². The number of hydrogen-bond donors (Lipinski definition) is 0. The number of aromatic nitrogens is 3. The average molecular weight is 425 g/mol. The SMILES string of the molecule is COc1ccc(OCC(=O)N2CC(c3nncn3CC3CC3)C3(CCCCC3)C2)cc1. The van der Waals surface area contributed by atoms with Crippen molar-refractivity contribution in [2.75, 3.05) is 26.8 Å². The van der Waals surface area contributed by atoms with Gasteiger partial charge in [-0.1, -0.05) is 19.3 Å². The highest BCUT2D eigenvalue weighted by atomic mass is 16.5. The first-order valence-corrected chi connectivity index (χ1v) is 11.6. The number of methoxy groups -OCH3 is 1. The van der Waals surface area contributed by atoms with Crippen molar-refractivity contribution >= 4 is 5.91 Å². The molecule has 2 saturated carbocycles. The Morgan fingerprint density at radius 2 is 1.87 bits per heavy atom. The van der Waals surface area contributed by atoms with E-state index in [4.69, 9.17) is 9.47 Å². The van der Waals surface area contributed by atoms with E-state index in [1.54, 1.807) is 7.11 Å². The third-order valence-corrected chi connectivity index (χ3v) is 7.38. The number of benzene rings is 1. The third-order valence-electron chi connectivity index (χ3n) is 7.38. The van der Waals surface area contributed by atoms with Crippen LogP contribution < -0.4 is 9.47 Å². The van der Waals surface area contributed by atoms with Crippen LogP contribution >= 0.6 is 0 Å². The van der Waals surface area contributed by atoms with Gasteiger partial charge in [0, 0.05) is 25.6 Å². The molecule has 7 heteroatoms. The van der Waals surface area contributed by atoms with Gasteiger partial charge in [-0.15, -0.1) is 10.2 Å². The largest absolute Gasteiger partial charge is 0.497 e. The fourth-order valence-corrected chi connectivity index (χ4v) is 5.44. The molecule has 31 heavy (non-hydrogen) atoms. The molecule has 1 unspecified atom stereocenters. The van der Waals surface area contributed by atoms with E-state index in [1.807, 2.05) is 35.5 Å². The molecular formula is C24H32N4O3. The number of likely N-dealkylation sites (tertiary alicyclic amines) is 1. The van der Waals surface area contributed by atoms with Crippen molar-refractivity contribution in [3.63, 3.8) is 0 Å². The van der Waals surface area contributed by atoms with E-state index in [-0.39, 0.29) is 23.8 Å². The van der Waals surface area contributed by atoms with Crippen LogP contribution in [0.15, 0.2) is 30.6 Å². The van der Waals surface area contributed by atoms with Crippen LogP contribution in [0.5, 0.6) is 11.5 Å². The molecule has 1 amide bonds. The number of hydrogen-bond acceptors (Lipinski definition) is 5. The Hall–Kier alpha value is -2.57. The quantitative estimate of drug-likeness (QED) is 0.679. The predicted molar refractivity (Wildman–Crippen MR) is 116 cm³/mol. The van der Waals surface area contributed by atoms with Gasteiger partial charge < -0.3 is 18.9 Å². The maximum atomic E-state index is 13.1. The monoisotopic (exact) mass is 424 g/mol. The average Bonchev–Trinajstić information content (AvgIpc) is 3.39. The Balaban J connectivity index is 1.30. The summed E-state index contributed by atoms with van der Waals surface area (Å²) in [5, 5.41) is 8.82. The fourth-order valence-electron chi connectivity index (χ4n) is 5.44. The maximum Gasteiger partial charge on any atom is 0.260 e. The Morgan fingerprint density at radius 3 is 2.58 bits per heavy atom. The number of carbonyl (C=O) groups is 1. The minimum atomic E-state index is 0.0523. The lowest BCUT2D eigenvalue weighted by atomic mass is 9.67. The summed E-state index contributed by atoms with van der Waals surface area (Å²) in [6.07, 6.45) is 10.6. The summed E-state index contributed by atoms with van der Waals surface area (Å²) in [5.41, 5.74) is 0.127. The summed E-state index contributed by atoms with van der Waals surface area (Å²) >= 11 is 0. The molecule has 3 aliphatic rings. The van der Waals surface area contributed by atoms with Gasteiger partial charge in [0.15, 0.2) is 6.61 Å². The molecule has 1 aliphatic heterocycles. The first kappa shape index (κ1) is 20.3. The van der Waals surface area contributed by atoms with Crippen LogP contribution in [-0.2, 0) is 11.3 Å². The molecule has 1 saturated heterocycles. The summed E-state index contributed by atoms with van der Waals surface area (Å²) in [7, 11) is 1.63. The lowest BCUT2D eigenvalue weighted by Crippen LogP contribution is -2.36. The molecule has 1 aromatic carbocycles. The molecule has 0 N–H and O–H groups in total. The summed E-state index contributed by atoms with van der Waals surface area (Å²) in [4.78, 5) is 15.1. The normalized spacial score (nSPS) is 22.6. The van der Waals surface area contributed by atoms with E-state index < -0.39 is 0 Å².